The van der Waals surface area contributed by atoms with Crippen molar-refractivity contribution in [3.8, 4) is 0 Å². The molecule has 0 fully saturated rings. The van der Waals surface area contributed by atoms with Gasteiger partial charge in [-0.15, -0.1) is 0 Å². The van der Waals surface area contributed by atoms with E-state index in [0.29, 0.717) is 4.90 Å². The summed E-state index contributed by atoms with van der Waals surface area (Å²) in [6.45, 7) is 3.97. The van der Waals surface area contributed by atoms with Crippen LogP contribution in [0.25, 0.3) is 0 Å². The second-order valence-corrected chi connectivity index (χ2v) is 3.64. The second-order valence-electron chi connectivity index (χ2n) is 3.64. The number of rotatable bonds is 4. The van der Waals surface area contributed by atoms with Gasteiger partial charge in [-0.2, -0.15) is 0 Å². The summed E-state index contributed by atoms with van der Waals surface area (Å²) in [5.41, 5.74) is 10.7. The third kappa shape index (κ3) is 3.28. The van der Waals surface area contributed by atoms with Crippen molar-refractivity contribution in [3.05, 3.63) is 0 Å². The van der Waals surface area contributed by atoms with E-state index in [4.69, 9.17) is 16.6 Å². The summed E-state index contributed by atoms with van der Waals surface area (Å²) in [6.07, 6.45) is 0. The van der Waals surface area contributed by atoms with Crippen LogP contribution in [0.2, 0.25) is 0 Å². The van der Waals surface area contributed by atoms with Gasteiger partial charge in [0, 0.05) is 0 Å². The van der Waals surface area contributed by atoms with E-state index in [-0.39, 0.29) is 0 Å². The lowest BCUT2D eigenvalue weighted by Gasteiger charge is -2.27. The van der Waals surface area contributed by atoms with Gasteiger partial charge in [0.15, 0.2) is 0 Å². The van der Waals surface area contributed by atoms with Crippen LogP contribution in [0.4, 0.5) is 0 Å². The number of aliphatic carboxylic acids is 1. The molecule has 0 radical (unpaired) electrons. The van der Waals surface area contributed by atoms with Gasteiger partial charge in [-0.25, -0.2) is 4.79 Å². The molecule has 3 atom stereocenters. The minimum atomic E-state index is -1.29. The van der Waals surface area contributed by atoms with Gasteiger partial charge in [0.1, 0.15) is 6.04 Å². The molecule has 7 heteroatoms. The first-order valence-corrected chi connectivity index (χ1v) is 4.81. The summed E-state index contributed by atoms with van der Waals surface area (Å²) in [5.74, 6) is -2.79. The highest BCUT2D eigenvalue weighted by atomic mass is 16.4. The molecule has 2 amide bonds. The van der Waals surface area contributed by atoms with Gasteiger partial charge in [0.05, 0.1) is 12.1 Å². The van der Waals surface area contributed by atoms with E-state index in [9.17, 15) is 14.4 Å². The molecular weight excluding hydrogens is 214 g/mol. The van der Waals surface area contributed by atoms with Gasteiger partial charge in [-0.05, 0) is 20.8 Å². The molecule has 0 saturated heterocycles. The molecule has 0 aromatic carbocycles. The molecule has 0 heterocycles. The molecule has 0 bridgehead atoms. The van der Waals surface area contributed by atoms with Gasteiger partial charge in [-0.3, -0.25) is 14.5 Å². The summed E-state index contributed by atoms with van der Waals surface area (Å²) >= 11 is 0. The van der Waals surface area contributed by atoms with Crippen molar-refractivity contribution in [2.45, 2.75) is 38.9 Å². The number of imide groups is 1. The molecule has 0 unspecified atom stereocenters. The summed E-state index contributed by atoms with van der Waals surface area (Å²) in [5, 5.41) is 8.79. The lowest BCUT2D eigenvalue weighted by Crippen LogP contribution is -2.56. The number of carbonyl (C=O) groups is 3. The van der Waals surface area contributed by atoms with Crippen LogP contribution >= 0.6 is 0 Å². The van der Waals surface area contributed by atoms with Crippen molar-refractivity contribution in [1.29, 1.82) is 0 Å². The van der Waals surface area contributed by atoms with Crippen LogP contribution in [0.5, 0.6) is 0 Å². The van der Waals surface area contributed by atoms with Crippen molar-refractivity contribution in [3.63, 3.8) is 0 Å². The summed E-state index contributed by atoms with van der Waals surface area (Å²) in [6, 6.07) is -3.19. The standard InChI is InChI=1S/C9H17N3O4/c1-4(10)7(13)12(6(3)9(15)16)8(14)5(2)11/h4-6H,10-11H2,1-3H3,(H,15,16)/t4-,5-,6-/m0/s1. The summed E-state index contributed by atoms with van der Waals surface area (Å²) in [4.78, 5) is 34.6. The van der Waals surface area contributed by atoms with Crippen LogP contribution in [0, 0.1) is 0 Å². The van der Waals surface area contributed by atoms with Gasteiger partial charge in [0.2, 0.25) is 11.8 Å². The number of carboxylic acids is 1. The number of nitrogens with zero attached hydrogens (tertiary/aromatic N) is 1. The molecule has 0 saturated carbocycles. The third-order valence-corrected chi connectivity index (χ3v) is 2.00. The zero-order valence-electron chi connectivity index (χ0n) is 9.51. The Morgan fingerprint density at radius 3 is 1.50 bits per heavy atom. The minimum absolute atomic E-state index is 0.595. The maximum absolute atomic E-state index is 11.6. The van der Waals surface area contributed by atoms with Crippen LogP contribution in [0.1, 0.15) is 20.8 Å². The first kappa shape index (κ1) is 14.5. The Bertz CT molecular complexity index is 281. The zero-order chi connectivity index (χ0) is 13.0. The molecule has 16 heavy (non-hydrogen) atoms. The summed E-state index contributed by atoms with van der Waals surface area (Å²) in [7, 11) is 0. The lowest BCUT2D eigenvalue weighted by atomic mass is 10.2. The van der Waals surface area contributed by atoms with E-state index in [1.807, 2.05) is 0 Å². The van der Waals surface area contributed by atoms with Crippen molar-refractivity contribution in [2.75, 3.05) is 0 Å². The highest BCUT2D eigenvalue weighted by Gasteiger charge is 2.34. The molecule has 0 aliphatic heterocycles. The molecule has 0 spiro atoms. The third-order valence-electron chi connectivity index (χ3n) is 2.00. The largest absolute Gasteiger partial charge is 0.480 e. The Kier molecular flexibility index (Phi) is 5.06. The Hall–Kier alpha value is -1.47. The topological polar surface area (TPSA) is 127 Å². The fourth-order valence-corrected chi connectivity index (χ4v) is 1.04. The van der Waals surface area contributed by atoms with Gasteiger partial charge in [0.25, 0.3) is 0 Å². The van der Waals surface area contributed by atoms with Crippen LogP contribution in [0.15, 0.2) is 0 Å². The molecule has 5 N–H and O–H groups in total. The SMILES string of the molecule is C[C@H](N)C(=O)N(C(=O)[C@H](C)N)[C@@H](C)C(=O)O. The van der Waals surface area contributed by atoms with Crippen molar-refractivity contribution >= 4 is 17.8 Å². The average molecular weight is 231 g/mol. The predicted octanol–water partition coefficient (Wildman–Crippen LogP) is -1.49. The van der Waals surface area contributed by atoms with Crippen molar-refractivity contribution in [1.82, 2.24) is 4.90 Å². The highest BCUT2D eigenvalue weighted by molar-refractivity contribution is 6.02. The minimum Gasteiger partial charge on any atom is -0.480 e. The normalized spacial score (nSPS) is 16.1. The van der Waals surface area contributed by atoms with E-state index in [0.717, 1.165) is 0 Å². The molecule has 92 valence electrons. The van der Waals surface area contributed by atoms with Gasteiger partial charge < -0.3 is 16.6 Å². The Labute approximate surface area is 93.4 Å². The number of amides is 2. The van der Waals surface area contributed by atoms with Crippen LogP contribution in [-0.4, -0.2) is 45.9 Å². The lowest BCUT2D eigenvalue weighted by molar-refractivity contribution is -0.158. The smallest absolute Gasteiger partial charge is 0.326 e. The zero-order valence-corrected chi connectivity index (χ0v) is 9.51. The van der Waals surface area contributed by atoms with Crippen LogP contribution in [0.3, 0.4) is 0 Å². The molecule has 0 rings (SSSR count). The van der Waals surface area contributed by atoms with Crippen molar-refractivity contribution in [2.24, 2.45) is 11.5 Å². The quantitative estimate of drug-likeness (QED) is 0.541. The maximum atomic E-state index is 11.6. The Balaban J connectivity index is 5.13. The fourth-order valence-electron chi connectivity index (χ4n) is 1.04. The first-order chi connectivity index (χ1) is 7.20. The highest BCUT2D eigenvalue weighted by Crippen LogP contribution is 2.05. The molecule has 0 aliphatic rings. The Morgan fingerprint density at radius 1 is 1.00 bits per heavy atom. The molecular formula is C9H17N3O4. The number of nitrogens with two attached hydrogens (primary N) is 2. The molecule has 0 aromatic rings. The second kappa shape index (κ2) is 5.57. The molecule has 0 aliphatic carbocycles. The fraction of sp³-hybridized carbons (Fsp3) is 0.667. The maximum Gasteiger partial charge on any atom is 0.326 e. The van der Waals surface area contributed by atoms with E-state index < -0.39 is 35.9 Å². The Morgan fingerprint density at radius 2 is 1.31 bits per heavy atom. The number of carbonyl (C=O) groups excluding carboxylic acids is 2. The van der Waals surface area contributed by atoms with Crippen LogP contribution < -0.4 is 11.5 Å². The predicted molar refractivity (Wildman–Crippen MR) is 56.2 cm³/mol. The van der Waals surface area contributed by atoms with E-state index >= 15 is 0 Å². The van der Waals surface area contributed by atoms with Crippen LogP contribution in [-0.2, 0) is 14.4 Å². The van der Waals surface area contributed by atoms with Gasteiger partial charge in [-0.1, -0.05) is 0 Å². The number of hydrogen-bond donors (Lipinski definition) is 3. The average Bonchev–Trinajstić information content (AvgIpc) is 2.16. The first-order valence-electron chi connectivity index (χ1n) is 4.81. The molecule has 0 aromatic heterocycles. The molecule has 7 nitrogen and oxygen atoms in total. The monoisotopic (exact) mass is 231 g/mol. The van der Waals surface area contributed by atoms with Crippen molar-refractivity contribution < 1.29 is 19.5 Å². The van der Waals surface area contributed by atoms with E-state index in [1.165, 1.54) is 20.8 Å². The van der Waals surface area contributed by atoms with E-state index in [2.05, 4.69) is 0 Å². The number of carboxylic acid groups (broad SMARTS) is 1. The number of hydrogen-bond acceptors (Lipinski definition) is 5. The van der Waals surface area contributed by atoms with E-state index in [1.54, 1.807) is 0 Å². The summed E-state index contributed by atoms with van der Waals surface area (Å²) < 4.78 is 0. The van der Waals surface area contributed by atoms with Gasteiger partial charge >= 0.3 is 5.97 Å².